The second kappa shape index (κ2) is 10.7. The number of aryl methyl sites for hydroxylation is 1. The Morgan fingerprint density at radius 3 is 2.24 bits per heavy atom. The first-order chi connectivity index (χ1) is 19.0. The Bertz CT molecular complexity index is 1540. The third kappa shape index (κ3) is 5.86. The number of fused-ring (bicyclic) bond motifs is 1. The van der Waals surface area contributed by atoms with Gasteiger partial charge in [0.15, 0.2) is 0 Å². The van der Waals surface area contributed by atoms with E-state index in [-0.39, 0.29) is 27.9 Å². The minimum absolute atomic E-state index is 0.0423. The van der Waals surface area contributed by atoms with Crippen LogP contribution in [0.4, 0.5) is 32.0 Å². The van der Waals surface area contributed by atoms with E-state index in [2.05, 4.69) is 9.72 Å². The van der Waals surface area contributed by atoms with Crippen molar-refractivity contribution in [2.45, 2.75) is 38.8 Å². The summed E-state index contributed by atoms with van der Waals surface area (Å²) in [7, 11) is 2.66. The molecule has 14 heteroatoms. The van der Waals surface area contributed by atoms with Crippen molar-refractivity contribution in [1.29, 1.82) is 0 Å². The van der Waals surface area contributed by atoms with Crippen molar-refractivity contribution < 1.29 is 40.7 Å². The monoisotopic (exact) mass is 584 g/mol. The highest BCUT2D eigenvalue weighted by molar-refractivity contribution is 5.95. The van der Waals surface area contributed by atoms with E-state index in [0.717, 1.165) is 28.7 Å². The van der Waals surface area contributed by atoms with Gasteiger partial charge in [-0.15, -0.1) is 0 Å². The van der Waals surface area contributed by atoms with Crippen molar-refractivity contribution in [3.8, 4) is 0 Å². The SMILES string of the molecule is COC(=O)Cn1c(C)nc2cc(C(F)(F)F)c([C@H](C)N(C)c3ccc(C(=O)N4CC(C(F)(F)F)C4)cc3)cc2c1=O. The van der Waals surface area contributed by atoms with E-state index >= 15 is 0 Å². The Hall–Kier alpha value is -4.10. The standard InChI is InChI=1S/C27H26F6N4O4/c1-14(35(3)18-7-5-16(6-8-18)24(39)36-11-17(12-36)26(28,29)30)19-9-20-22(10-21(19)27(31,32)33)34-15(2)37(25(20)40)13-23(38)41-4/h5-10,14,17H,11-13H2,1-4H3/t14-/m0/s1. The number of nitrogens with zero attached hydrogens (tertiary/aromatic N) is 4. The number of hydrogen-bond acceptors (Lipinski definition) is 6. The minimum atomic E-state index is -4.78. The number of aromatic nitrogens is 2. The van der Waals surface area contributed by atoms with E-state index in [1.165, 1.54) is 50.1 Å². The van der Waals surface area contributed by atoms with Gasteiger partial charge in [0.25, 0.3) is 11.5 Å². The quantitative estimate of drug-likeness (QED) is 0.308. The molecular formula is C27H26F6N4O4. The van der Waals surface area contributed by atoms with E-state index in [1.807, 2.05) is 0 Å². The number of carbonyl (C=O) groups is 2. The van der Waals surface area contributed by atoms with Crippen LogP contribution < -0.4 is 10.5 Å². The fraction of sp³-hybridized carbons (Fsp3) is 0.407. The van der Waals surface area contributed by atoms with Crippen molar-refractivity contribution >= 4 is 28.5 Å². The maximum absolute atomic E-state index is 14.2. The number of methoxy groups -OCH3 is 1. The third-order valence-electron chi connectivity index (χ3n) is 7.32. The van der Waals surface area contributed by atoms with Crippen LogP contribution in [0.15, 0.2) is 41.2 Å². The van der Waals surface area contributed by atoms with Crippen molar-refractivity contribution in [1.82, 2.24) is 14.5 Å². The number of carbonyl (C=O) groups excluding carboxylic acids is 2. The molecule has 0 radical (unpaired) electrons. The van der Waals surface area contributed by atoms with Crippen LogP contribution in [0, 0.1) is 12.8 Å². The predicted octanol–water partition coefficient (Wildman–Crippen LogP) is 4.73. The van der Waals surface area contributed by atoms with Gasteiger partial charge in [0, 0.05) is 31.4 Å². The van der Waals surface area contributed by atoms with E-state index in [0.29, 0.717) is 5.69 Å². The van der Waals surface area contributed by atoms with Gasteiger partial charge in [-0.2, -0.15) is 26.3 Å². The summed E-state index contributed by atoms with van der Waals surface area (Å²) in [6, 6.07) is 6.72. The lowest BCUT2D eigenvalue weighted by Gasteiger charge is -2.40. The Balaban J connectivity index is 1.66. The number of esters is 1. The molecule has 0 N–H and O–H groups in total. The van der Waals surface area contributed by atoms with Crippen LogP contribution in [-0.4, -0.2) is 59.8 Å². The number of halogens is 6. The molecule has 41 heavy (non-hydrogen) atoms. The topological polar surface area (TPSA) is 84.7 Å². The van der Waals surface area contributed by atoms with Crippen LogP contribution in [0.2, 0.25) is 0 Å². The molecular weight excluding hydrogens is 558 g/mol. The lowest BCUT2D eigenvalue weighted by molar-refractivity contribution is -0.202. The first-order valence-electron chi connectivity index (χ1n) is 12.4. The van der Waals surface area contributed by atoms with Gasteiger partial charge in [-0.1, -0.05) is 0 Å². The molecule has 220 valence electrons. The van der Waals surface area contributed by atoms with Gasteiger partial charge in [0.2, 0.25) is 0 Å². The van der Waals surface area contributed by atoms with Crippen molar-refractivity contribution in [2.75, 3.05) is 32.1 Å². The fourth-order valence-electron chi connectivity index (χ4n) is 4.67. The number of hydrogen-bond donors (Lipinski definition) is 0. The van der Waals surface area contributed by atoms with Crippen molar-refractivity contribution in [2.24, 2.45) is 5.92 Å². The van der Waals surface area contributed by atoms with Gasteiger partial charge in [0.1, 0.15) is 12.4 Å². The highest BCUT2D eigenvalue weighted by Crippen LogP contribution is 2.39. The molecule has 4 rings (SSSR count). The number of anilines is 1. The van der Waals surface area contributed by atoms with Crippen LogP contribution in [0.25, 0.3) is 10.9 Å². The van der Waals surface area contributed by atoms with Gasteiger partial charge in [-0.3, -0.25) is 19.0 Å². The van der Waals surface area contributed by atoms with E-state index in [1.54, 1.807) is 0 Å². The lowest BCUT2D eigenvalue weighted by Crippen LogP contribution is -2.55. The molecule has 1 aliphatic rings. The number of benzene rings is 2. The normalized spacial score (nSPS) is 15.0. The van der Waals surface area contributed by atoms with Crippen LogP contribution in [0.1, 0.15) is 40.3 Å². The molecule has 8 nitrogen and oxygen atoms in total. The number of amides is 1. The van der Waals surface area contributed by atoms with Crippen molar-refractivity contribution in [3.63, 3.8) is 0 Å². The van der Waals surface area contributed by atoms with Gasteiger partial charge in [-0.05, 0) is 55.8 Å². The second-order valence-corrected chi connectivity index (χ2v) is 9.86. The Kier molecular flexibility index (Phi) is 7.80. The molecule has 0 unspecified atom stereocenters. The maximum Gasteiger partial charge on any atom is 0.416 e. The zero-order valence-corrected chi connectivity index (χ0v) is 22.4. The largest absolute Gasteiger partial charge is 0.468 e. The Labute approximate surface area is 230 Å². The molecule has 1 saturated heterocycles. The summed E-state index contributed by atoms with van der Waals surface area (Å²) in [5, 5.41) is -0.115. The summed E-state index contributed by atoms with van der Waals surface area (Å²) in [5.74, 6) is -2.83. The predicted molar refractivity (Wildman–Crippen MR) is 136 cm³/mol. The van der Waals surface area contributed by atoms with Crippen LogP contribution in [-0.2, 0) is 22.3 Å². The average molecular weight is 585 g/mol. The molecule has 2 aromatic carbocycles. The first kappa shape index (κ1) is 29.9. The van der Waals surface area contributed by atoms with Crippen molar-refractivity contribution in [3.05, 3.63) is 69.3 Å². The third-order valence-corrected chi connectivity index (χ3v) is 7.32. The average Bonchev–Trinajstić information content (AvgIpc) is 2.87. The smallest absolute Gasteiger partial charge is 0.416 e. The molecule has 3 aromatic rings. The van der Waals surface area contributed by atoms with E-state index in [9.17, 15) is 40.7 Å². The van der Waals surface area contributed by atoms with E-state index in [4.69, 9.17) is 0 Å². The molecule has 1 aromatic heterocycles. The summed E-state index contributed by atoms with van der Waals surface area (Å²) in [6.45, 7) is 1.57. The number of rotatable bonds is 6. The number of alkyl halides is 6. The second-order valence-electron chi connectivity index (χ2n) is 9.86. The molecule has 1 aliphatic heterocycles. The maximum atomic E-state index is 14.2. The van der Waals surface area contributed by atoms with Gasteiger partial charge in [0.05, 0.1) is 35.5 Å². The zero-order chi connectivity index (χ0) is 30.4. The van der Waals surface area contributed by atoms with E-state index < -0.39 is 66.9 Å². The van der Waals surface area contributed by atoms with Crippen LogP contribution in [0.3, 0.4) is 0 Å². The summed E-state index contributed by atoms with van der Waals surface area (Å²) >= 11 is 0. The molecule has 1 fully saturated rings. The Morgan fingerprint density at radius 2 is 1.71 bits per heavy atom. The lowest BCUT2D eigenvalue weighted by atomic mass is 9.96. The van der Waals surface area contributed by atoms with Crippen LogP contribution >= 0.6 is 0 Å². The highest BCUT2D eigenvalue weighted by Gasteiger charge is 2.48. The zero-order valence-electron chi connectivity index (χ0n) is 22.4. The summed E-state index contributed by atoms with van der Waals surface area (Å²) in [5.41, 5.74) is -1.54. The molecule has 0 bridgehead atoms. The number of ether oxygens (including phenoxy) is 1. The molecule has 0 saturated carbocycles. The minimum Gasteiger partial charge on any atom is -0.468 e. The fourth-order valence-corrected chi connectivity index (χ4v) is 4.67. The molecule has 1 atom stereocenters. The molecule has 1 amide bonds. The Morgan fingerprint density at radius 1 is 1.10 bits per heavy atom. The summed E-state index contributed by atoms with van der Waals surface area (Å²) in [4.78, 5) is 44.2. The molecule has 2 heterocycles. The number of likely N-dealkylation sites (tertiary alicyclic amines) is 1. The van der Waals surface area contributed by atoms with Crippen LogP contribution in [0.5, 0.6) is 0 Å². The molecule has 0 aliphatic carbocycles. The summed E-state index contributed by atoms with van der Waals surface area (Å²) < 4.78 is 86.3. The molecule has 0 spiro atoms. The first-order valence-corrected chi connectivity index (χ1v) is 12.4. The highest BCUT2D eigenvalue weighted by atomic mass is 19.4. The van der Waals surface area contributed by atoms with Gasteiger partial charge in [-0.25, -0.2) is 4.98 Å². The summed E-state index contributed by atoms with van der Waals surface area (Å²) in [6.07, 6.45) is -9.16. The van der Waals surface area contributed by atoms with Gasteiger partial charge < -0.3 is 14.5 Å². The van der Waals surface area contributed by atoms with Gasteiger partial charge >= 0.3 is 18.3 Å².